The molecule has 6 heteroatoms. The minimum Gasteiger partial charge on any atom is -0.455 e. The topological polar surface area (TPSA) is 69.0 Å². The maximum absolute atomic E-state index is 11.6. The lowest BCUT2D eigenvalue weighted by Crippen LogP contribution is -2.43. The molecule has 88 valence electrons. The molecule has 1 N–H and O–H groups in total. The molecule has 1 fully saturated rings. The maximum Gasteiger partial charge on any atom is 0.361 e. The Morgan fingerprint density at radius 3 is 2.75 bits per heavy atom. The van der Waals surface area contributed by atoms with Crippen molar-refractivity contribution in [2.75, 3.05) is 13.1 Å². The van der Waals surface area contributed by atoms with Gasteiger partial charge in [0.05, 0.1) is 12.2 Å². The lowest BCUT2D eigenvalue weighted by Gasteiger charge is -2.26. The van der Waals surface area contributed by atoms with E-state index in [0.29, 0.717) is 6.04 Å². The van der Waals surface area contributed by atoms with Crippen molar-refractivity contribution in [3.8, 4) is 0 Å². The fourth-order valence-corrected chi connectivity index (χ4v) is 1.34. The largest absolute Gasteiger partial charge is 0.455 e. The number of aromatic nitrogens is 3. The quantitative estimate of drug-likeness (QED) is 0.735. The van der Waals surface area contributed by atoms with Crippen LogP contribution in [0.3, 0.4) is 0 Å². The molecule has 1 aliphatic rings. The number of hydrogen-bond acceptors (Lipinski definition) is 5. The van der Waals surface area contributed by atoms with Gasteiger partial charge in [0.2, 0.25) is 0 Å². The highest BCUT2D eigenvalue weighted by Crippen LogP contribution is 2.13. The van der Waals surface area contributed by atoms with E-state index in [4.69, 9.17) is 4.74 Å². The Hall–Kier alpha value is -1.43. The second kappa shape index (κ2) is 3.86. The summed E-state index contributed by atoms with van der Waals surface area (Å²) in [5.41, 5.74) is -0.236. The number of hydrogen-bond donors (Lipinski definition) is 1. The first-order chi connectivity index (χ1) is 7.46. The second-order valence-corrected chi connectivity index (χ2v) is 4.90. The summed E-state index contributed by atoms with van der Waals surface area (Å²) in [6, 6.07) is 0.309. The highest BCUT2D eigenvalue weighted by atomic mass is 16.6. The van der Waals surface area contributed by atoms with Crippen LogP contribution in [0, 0.1) is 0 Å². The third-order valence-corrected chi connectivity index (χ3v) is 2.25. The van der Waals surface area contributed by atoms with Gasteiger partial charge in [0.1, 0.15) is 5.60 Å². The SMILES string of the molecule is CC(C)(C)OC(=O)c1cn(C2CNC2)nn1. The van der Waals surface area contributed by atoms with Gasteiger partial charge in [0.25, 0.3) is 0 Å². The van der Waals surface area contributed by atoms with Crippen LogP contribution >= 0.6 is 0 Å². The van der Waals surface area contributed by atoms with Crippen molar-refractivity contribution in [2.45, 2.75) is 32.4 Å². The van der Waals surface area contributed by atoms with Crippen LogP contribution in [-0.4, -0.2) is 39.7 Å². The average molecular weight is 224 g/mol. The van der Waals surface area contributed by atoms with Gasteiger partial charge >= 0.3 is 5.97 Å². The Labute approximate surface area is 94.0 Å². The number of ether oxygens (including phenoxy) is 1. The number of nitrogens with zero attached hydrogens (tertiary/aromatic N) is 3. The van der Waals surface area contributed by atoms with Gasteiger partial charge in [0.15, 0.2) is 5.69 Å². The van der Waals surface area contributed by atoms with Crippen molar-refractivity contribution in [2.24, 2.45) is 0 Å². The first-order valence-corrected chi connectivity index (χ1v) is 5.31. The number of nitrogens with one attached hydrogen (secondary N) is 1. The summed E-state index contributed by atoms with van der Waals surface area (Å²) < 4.78 is 6.90. The van der Waals surface area contributed by atoms with E-state index in [1.165, 1.54) is 0 Å². The molecular formula is C10H16N4O2. The molecule has 0 amide bonds. The molecular weight excluding hydrogens is 208 g/mol. The molecule has 6 nitrogen and oxygen atoms in total. The Morgan fingerprint density at radius 2 is 2.25 bits per heavy atom. The lowest BCUT2D eigenvalue weighted by atomic mass is 10.2. The highest BCUT2D eigenvalue weighted by Gasteiger charge is 2.24. The molecule has 1 aromatic heterocycles. The molecule has 16 heavy (non-hydrogen) atoms. The van der Waals surface area contributed by atoms with Gasteiger partial charge in [0, 0.05) is 13.1 Å². The second-order valence-electron chi connectivity index (χ2n) is 4.90. The number of rotatable bonds is 2. The number of esters is 1. The van der Waals surface area contributed by atoms with Crippen molar-refractivity contribution in [3.05, 3.63) is 11.9 Å². The van der Waals surface area contributed by atoms with Gasteiger partial charge in [-0.3, -0.25) is 0 Å². The molecule has 0 spiro atoms. The van der Waals surface area contributed by atoms with Crippen LogP contribution in [0.4, 0.5) is 0 Å². The highest BCUT2D eigenvalue weighted by molar-refractivity contribution is 5.87. The Morgan fingerprint density at radius 1 is 1.56 bits per heavy atom. The molecule has 2 rings (SSSR count). The van der Waals surface area contributed by atoms with Crippen LogP contribution in [0.15, 0.2) is 6.20 Å². The standard InChI is InChI=1S/C10H16N4O2/c1-10(2,3)16-9(15)8-6-14(13-12-8)7-4-11-5-7/h6-7,11H,4-5H2,1-3H3. The van der Waals surface area contributed by atoms with E-state index >= 15 is 0 Å². The fraction of sp³-hybridized carbons (Fsp3) is 0.700. The number of carbonyl (C=O) groups is 1. The third kappa shape index (κ3) is 2.38. The zero-order chi connectivity index (χ0) is 11.8. The third-order valence-electron chi connectivity index (χ3n) is 2.25. The Kier molecular flexibility index (Phi) is 2.67. The van der Waals surface area contributed by atoms with Crippen LogP contribution in [0.25, 0.3) is 0 Å². The number of carbonyl (C=O) groups excluding carboxylic acids is 1. The molecule has 2 heterocycles. The van der Waals surface area contributed by atoms with Gasteiger partial charge in [-0.05, 0) is 20.8 Å². The van der Waals surface area contributed by atoms with Crippen LogP contribution < -0.4 is 5.32 Å². The maximum atomic E-state index is 11.6. The Bertz CT molecular complexity index is 390. The van der Waals surface area contributed by atoms with Crippen molar-refractivity contribution >= 4 is 5.97 Å². The summed E-state index contributed by atoms with van der Waals surface area (Å²) in [6.07, 6.45) is 1.64. The van der Waals surface area contributed by atoms with Crippen LogP contribution in [0.5, 0.6) is 0 Å². The van der Waals surface area contributed by atoms with E-state index < -0.39 is 11.6 Å². The molecule has 1 saturated heterocycles. The zero-order valence-electron chi connectivity index (χ0n) is 9.73. The van der Waals surface area contributed by atoms with Gasteiger partial charge in [-0.1, -0.05) is 5.21 Å². The summed E-state index contributed by atoms with van der Waals surface area (Å²) in [5.74, 6) is -0.425. The van der Waals surface area contributed by atoms with Crippen molar-refractivity contribution in [1.82, 2.24) is 20.3 Å². The van der Waals surface area contributed by atoms with E-state index in [0.717, 1.165) is 13.1 Å². The zero-order valence-corrected chi connectivity index (χ0v) is 9.73. The molecule has 0 atom stereocenters. The van der Waals surface area contributed by atoms with Crippen LogP contribution in [0.1, 0.15) is 37.3 Å². The van der Waals surface area contributed by atoms with Crippen LogP contribution in [0.2, 0.25) is 0 Å². The molecule has 1 aromatic rings. The van der Waals surface area contributed by atoms with Crippen LogP contribution in [-0.2, 0) is 4.74 Å². The molecule has 0 unspecified atom stereocenters. The average Bonchev–Trinajstić information content (AvgIpc) is 2.46. The van der Waals surface area contributed by atoms with E-state index in [-0.39, 0.29) is 5.69 Å². The van der Waals surface area contributed by atoms with Crippen molar-refractivity contribution < 1.29 is 9.53 Å². The first-order valence-electron chi connectivity index (χ1n) is 5.31. The van der Waals surface area contributed by atoms with E-state index in [1.54, 1.807) is 10.9 Å². The predicted molar refractivity (Wildman–Crippen MR) is 57.1 cm³/mol. The molecule has 0 saturated carbocycles. The molecule has 0 aliphatic carbocycles. The van der Waals surface area contributed by atoms with E-state index in [9.17, 15) is 4.79 Å². The normalized spacial score (nSPS) is 16.9. The first kappa shape index (κ1) is 11.1. The molecule has 0 aromatic carbocycles. The van der Waals surface area contributed by atoms with E-state index in [1.807, 2.05) is 20.8 Å². The summed E-state index contributed by atoms with van der Waals surface area (Å²) >= 11 is 0. The van der Waals surface area contributed by atoms with Gasteiger partial charge < -0.3 is 10.1 Å². The van der Waals surface area contributed by atoms with E-state index in [2.05, 4.69) is 15.6 Å². The lowest BCUT2D eigenvalue weighted by molar-refractivity contribution is 0.00627. The fourth-order valence-electron chi connectivity index (χ4n) is 1.34. The smallest absolute Gasteiger partial charge is 0.361 e. The van der Waals surface area contributed by atoms with Gasteiger partial charge in [-0.15, -0.1) is 5.10 Å². The monoisotopic (exact) mass is 224 g/mol. The van der Waals surface area contributed by atoms with Crippen molar-refractivity contribution in [3.63, 3.8) is 0 Å². The van der Waals surface area contributed by atoms with Gasteiger partial charge in [-0.2, -0.15) is 0 Å². The van der Waals surface area contributed by atoms with Crippen molar-refractivity contribution in [1.29, 1.82) is 0 Å². The summed E-state index contributed by atoms with van der Waals surface area (Å²) in [5, 5.41) is 10.9. The molecule has 1 aliphatic heterocycles. The predicted octanol–water partition coefficient (Wildman–Crippen LogP) is 0.378. The van der Waals surface area contributed by atoms with Gasteiger partial charge in [-0.25, -0.2) is 9.48 Å². The summed E-state index contributed by atoms with van der Waals surface area (Å²) in [4.78, 5) is 11.6. The summed E-state index contributed by atoms with van der Waals surface area (Å²) in [7, 11) is 0. The summed E-state index contributed by atoms with van der Waals surface area (Å²) in [6.45, 7) is 7.22. The Balaban J connectivity index is 2.03. The molecule has 0 radical (unpaired) electrons. The minimum absolute atomic E-state index is 0.266. The molecule has 0 bridgehead atoms. The minimum atomic E-state index is -0.501.